The summed E-state index contributed by atoms with van der Waals surface area (Å²) in [5, 5.41) is 12.6. The molecule has 0 atom stereocenters. The zero-order valence-corrected chi connectivity index (χ0v) is 9.18. The normalized spacial score (nSPS) is 11.6. The molecule has 0 amide bonds. The lowest BCUT2D eigenvalue weighted by atomic mass is 10.1. The van der Waals surface area contributed by atoms with Gasteiger partial charge in [0.15, 0.2) is 5.75 Å². The van der Waals surface area contributed by atoms with Crippen molar-refractivity contribution in [1.29, 1.82) is 0 Å². The maximum absolute atomic E-state index is 11.1. The highest BCUT2D eigenvalue weighted by Crippen LogP contribution is 2.37. The Morgan fingerprint density at radius 1 is 1.12 bits per heavy atom. The van der Waals surface area contributed by atoms with Crippen molar-refractivity contribution in [2.45, 2.75) is 4.90 Å². The second kappa shape index (κ2) is 3.79. The van der Waals surface area contributed by atoms with E-state index < -0.39 is 20.8 Å². The highest BCUT2D eigenvalue weighted by atomic mass is 32.2. The van der Waals surface area contributed by atoms with Gasteiger partial charge in [0.1, 0.15) is 10.6 Å². The first-order chi connectivity index (χ1) is 7.95. The van der Waals surface area contributed by atoms with Crippen molar-refractivity contribution in [3.63, 3.8) is 0 Å². The topological polar surface area (TPSA) is 104 Å². The Morgan fingerprint density at radius 2 is 1.82 bits per heavy atom. The molecule has 2 aromatic carbocycles. The van der Waals surface area contributed by atoms with Crippen molar-refractivity contribution in [2.24, 2.45) is 5.18 Å². The van der Waals surface area contributed by atoms with Gasteiger partial charge in [-0.25, -0.2) is 0 Å². The molecule has 88 valence electrons. The molecule has 0 aliphatic heterocycles. The molecule has 0 bridgehead atoms. The van der Waals surface area contributed by atoms with Crippen LogP contribution in [0.2, 0.25) is 0 Å². The largest absolute Gasteiger partial charge is 0.505 e. The molecule has 0 heterocycles. The van der Waals surface area contributed by atoms with Crippen LogP contribution in [0.25, 0.3) is 10.8 Å². The molecule has 0 radical (unpaired) electrons. The molecule has 0 saturated heterocycles. The average Bonchev–Trinajstić information content (AvgIpc) is 2.28. The van der Waals surface area contributed by atoms with Crippen molar-refractivity contribution in [3.05, 3.63) is 35.2 Å². The number of phenols is 1. The van der Waals surface area contributed by atoms with Crippen molar-refractivity contribution in [2.75, 3.05) is 0 Å². The van der Waals surface area contributed by atoms with Gasteiger partial charge in [0, 0.05) is 5.39 Å². The van der Waals surface area contributed by atoms with Crippen molar-refractivity contribution < 1.29 is 18.1 Å². The number of rotatable bonds is 2. The molecule has 0 spiro atoms. The molecular weight excluding hydrogens is 246 g/mol. The van der Waals surface area contributed by atoms with Gasteiger partial charge >= 0.3 is 0 Å². The van der Waals surface area contributed by atoms with Gasteiger partial charge in [-0.15, -0.1) is 4.91 Å². The van der Waals surface area contributed by atoms with Gasteiger partial charge in [-0.1, -0.05) is 18.2 Å². The van der Waals surface area contributed by atoms with E-state index in [2.05, 4.69) is 5.18 Å². The fraction of sp³-hybridized carbons (Fsp3) is 0. The number of fused-ring (bicyclic) bond motifs is 1. The molecule has 0 unspecified atom stereocenters. The average molecular weight is 253 g/mol. The van der Waals surface area contributed by atoms with Crippen LogP contribution in [0.15, 0.2) is 40.4 Å². The van der Waals surface area contributed by atoms with Gasteiger partial charge in [-0.3, -0.25) is 4.55 Å². The number of aromatic hydroxyl groups is 1. The molecule has 2 aromatic rings. The summed E-state index contributed by atoms with van der Waals surface area (Å²) in [5.41, 5.74) is -0.284. The third kappa shape index (κ3) is 1.85. The summed E-state index contributed by atoms with van der Waals surface area (Å²) in [4.78, 5) is 9.95. The SMILES string of the molecule is O=Nc1ccc2cccc(S(=O)(=O)O)c2c1O. The summed E-state index contributed by atoms with van der Waals surface area (Å²) in [7, 11) is -4.48. The summed E-state index contributed by atoms with van der Waals surface area (Å²) in [5.74, 6) is -0.564. The zero-order valence-electron chi connectivity index (χ0n) is 8.36. The van der Waals surface area contributed by atoms with E-state index in [-0.39, 0.29) is 11.1 Å². The lowest BCUT2D eigenvalue weighted by Crippen LogP contribution is -1.98. The first kappa shape index (κ1) is 11.5. The third-order valence-corrected chi connectivity index (χ3v) is 3.23. The number of hydrogen-bond donors (Lipinski definition) is 2. The predicted octanol–water partition coefficient (Wildman–Crippen LogP) is 2.19. The van der Waals surface area contributed by atoms with Gasteiger partial charge < -0.3 is 5.11 Å². The molecule has 17 heavy (non-hydrogen) atoms. The molecule has 7 heteroatoms. The molecule has 0 saturated carbocycles. The van der Waals surface area contributed by atoms with Gasteiger partial charge in [0.25, 0.3) is 10.1 Å². The fourth-order valence-corrected chi connectivity index (χ4v) is 2.33. The molecule has 0 aliphatic carbocycles. The predicted molar refractivity (Wildman–Crippen MR) is 60.9 cm³/mol. The van der Waals surface area contributed by atoms with Gasteiger partial charge in [-0.2, -0.15) is 8.42 Å². The Morgan fingerprint density at radius 3 is 2.41 bits per heavy atom. The van der Waals surface area contributed by atoms with Crippen LogP contribution in [0.1, 0.15) is 0 Å². The van der Waals surface area contributed by atoms with Crippen LogP contribution in [0.4, 0.5) is 5.69 Å². The summed E-state index contributed by atoms with van der Waals surface area (Å²) in [6.07, 6.45) is 0. The van der Waals surface area contributed by atoms with Gasteiger partial charge in [0.05, 0.1) is 0 Å². The van der Waals surface area contributed by atoms with E-state index in [1.54, 1.807) is 0 Å². The van der Waals surface area contributed by atoms with Crippen LogP contribution in [-0.2, 0) is 10.1 Å². The van der Waals surface area contributed by atoms with E-state index in [0.717, 1.165) is 6.07 Å². The Balaban J connectivity index is 3.01. The van der Waals surface area contributed by atoms with Gasteiger partial charge in [0.2, 0.25) is 0 Å². The van der Waals surface area contributed by atoms with Crippen LogP contribution in [0.5, 0.6) is 5.75 Å². The quantitative estimate of drug-likeness (QED) is 0.630. The standard InChI is InChI=1S/C10H7NO5S/c12-10-7(11-13)5-4-6-2-1-3-8(9(6)10)17(14,15)16/h1-5,12H,(H,14,15,16). The van der Waals surface area contributed by atoms with Crippen LogP contribution >= 0.6 is 0 Å². The minimum absolute atomic E-state index is 0.118. The van der Waals surface area contributed by atoms with Crippen LogP contribution in [-0.4, -0.2) is 18.1 Å². The molecule has 0 aromatic heterocycles. The summed E-state index contributed by atoms with van der Waals surface area (Å²) in [6, 6.07) is 6.78. The first-order valence-corrected chi connectivity index (χ1v) is 5.94. The number of benzene rings is 2. The molecular formula is C10H7NO5S. The van der Waals surface area contributed by atoms with Crippen LogP contribution < -0.4 is 0 Å². The fourth-order valence-electron chi connectivity index (χ4n) is 1.60. The van der Waals surface area contributed by atoms with E-state index in [9.17, 15) is 18.4 Å². The van der Waals surface area contributed by atoms with E-state index in [0.29, 0.717) is 5.39 Å². The van der Waals surface area contributed by atoms with E-state index in [1.807, 2.05) is 0 Å². The Bertz CT molecular complexity index is 708. The van der Waals surface area contributed by atoms with E-state index >= 15 is 0 Å². The third-order valence-electron chi connectivity index (χ3n) is 2.33. The van der Waals surface area contributed by atoms with E-state index in [4.69, 9.17) is 4.55 Å². The lowest BCUT2D eigenvalue weighted by Gasteiger charge is -2.06. The number of hydrogen-bond acceptors (Lipinski definition) is 5. The maximum Gasteiger partial charge on any atom is 0.295 e. The Hall–Kier alpha value is -1.99. The number of nitroso groups, excluding NO2 is 1. The second-order valence-electron chi connectivity index (χ2n) is 3.35. The van der Waals surface area contributed by atoms with Crippen LogP contribution in [0, 0.1) is 4.91 Å². The highest BCUT2D eigenvalue weighted by Gasteiger charge is 2.18. The molecule has 0 aliphatic rings. The highest BCUT2D eigenvalue weighted by molar-refractivity contribution is 7.86. The summed E-state index contributed by atoms with van der Waals surface area (Å²) < 4.78 is 31.3. The Kier molecular flexibility index (Phi) is 2.56. The second-order valence-corrected chi connectivity index (χ2v) is 4.74. The zero-order chi connectivity index (χ0) is 12.6. The maximum atomic E-state index is 11.1. The summed E-state index contributed by atoms with van der Waals surface area (Å²) in [6.45, 7) is 0. The lowest BCUT2D eigenvalue weighted by molar-refractivity contribution is 0.475. The van der Waals surface area contributed by atoms with Crippen molar-refractivity contribution in [1.82, 2.24) is 0 Å². The van der Waals surface area contributed by atoms with Crippen molar-refractivity contribution in [3.8, 4) is 5.75 Å². The summed E-state index contributed by atoms with van der Waals surface area (Å²) >= 11 is 0. The minimum atomic E-state index is -4.48. The van der Waals surface area contributed by atoms with E-state index in [1.165, 1.54) is 24.3 Å². The van der Waals surface area contributed by atoms with Gasteiger partial charge in [-0.05, 0) is 22.7 Å². The Labute approximate surface area is 96.2 Å². The first-order valence-electron chi connectivity index (χ1n) is 4.50. The minimum Gasteiger partial charge on any atom is -0.505 e. The molecule has 0 fully saturated rings. The smallest absolute Gasteiger partial charge is 0.295 e. The molecule has 2 N–H and O–H groups in total. The number of nitrogens with zero attached hydrogens (tertiary/aromatic N) is 1. The monoisotopic (exact) mass is 253 g/mol. The molecule has 2 rings (SSSR count). The number of phenolic OH excluding ortho intramolecular Hbond substituents is 1. The van der Waals surface area contributed by atoms with Crippen LogP contribution in [0.3, 0.4) is 0 Å². The molecule has 6 nitrogen and oxygen atoms in total. The van der Waals surface area contributed by atoms with Crippen molar-refractivity contribution >= 4 is 26.6 Å².